The highest BCUT2D eigenvalue weighted by atomic mass is 79.9. The molecule has 0 aliphatic carbocycles. The van der Waals surface area contributed by atoms with Crippen LogP contribution in [0.1, 0.15) is 5.56 Å². The molecule has 0 aromatic heterocycles. The van der Waals surface area contributed by atoms with Gasteiger partial charge in [0.2, 0.25) is 0 Å². The van der Waals surface area contributed by atoms with Crippen molar-refractivity contribution < 1.29 is 9.53 Å². The first kappa shape index (κ1) is 15.7. The average Bonchev–Trinajstić information content (AvgIpc) is 2.40. The second-order valence-corrected chi connectivity index (χ2v) is 5.78. The number of amides is 1. The van der Waals surface area contributed by atoms with E-state index in [1.54, 1.807) is 30.3 Å². The molecule has 110 valence electrons. The Balaban J connectivity index is 2.01. The molecule has 0 aliphatic heterocycles. The lowest BCUT2D eigenvalue weighted by Crippen LogP contribution is -2.21. The summed E-state index contributed by atoms with van der Waals surface area (Å²) in [5, 5.41) is 3.16. The quantitative estimate of drug-likeness (QED) is 0.800. The van der Waals surface area contributed by atoms with Gasteiger partial charge in [0.1, 0.15) is 5.75 Å². The minimum Gasteiger partial charge on any atom is -0.481 e. The first-order valence-corrected chi connectivity index (χ1v) is 7.37. The van der Waals surface area contributed by atoms with E-state index in [4.69, 9.17) is 22.1 Å². The summed E-state index contributed by atoms with van der Waals surface area (Å²) in [5.74, 6) is 0.206. The van der Waals surface area contributed by atoms with E-state index < -0.39 is 0 Å². The molecule has 0 radical (unpaired) electrons. The number of hydrogen-bond acceptors (Lipinski definition) is 3. The molecule has 0 atom stereocenters. The van der Waals surface area contributed by atoms with Gasteiger partial charge < -0.3 is 15.8 Å². The second-order valence-electron chi connectivity index (χ2n) is 4.46. The lowest BCUT2D eigenvalue weighted by molar-refractivity contribution is -0.118. The number of ether oxygens (including phenoxy) is 1. The van der Waals surface area contributed by atoms with Crippen molar-refractivity contribution >= 4 is 44.8 Å². The number of rotatable bonds is 4. The third kappa shape index (κ3) is 4.12. The SMILES string of the molecule is Cc1cc(Br)cc(N)c1OCC(=O)Nc1ccccc1Cl. The number of aryl methyl sites for hydroxylation is 1. The van der Waals surface area contributed by atoms with Crippen LogP contribution in [0.15, 0.2) is 40.9 Å². The molecular weight excluding hydrogens is 356 g/mol. The van der Waals surface area contributed by atoms with E-state index in [9.17, 15) is 4.79 Å². The Bertz CT molecular complexity index is 653. The molecule has 0 fully saturated rings. The van der Waals surface area contributed by atoms with E-state index in [0.29, 0.717) is 22.1 Å². The van der Waals surface area contributed by atoms with E-state index in [-0.39, 0.29) is 12.5 Å². The highest BCUT2D eigenvalue weighted by Crippen LogP contribution is 2.30. The van der Waals surface area contributed by atoms with Crippen molar-refractivity contribution in [3.05, 3.63) is 51.5 Å². The molecule has 4 nitrogen and oxygen atoms in total. The van der Waals surface area contributed by atoms with Gasteiger partial charge in [-0.25, -0.2) is 0 Å². The van der Waals surface area contributed by atoms with Crippen molar-refractivity contribution in [3.8, 4) is 5.75 Å². The third-order valence-electron chi connectivity index (χ3n) is 2.76. The van der Waals surface area contributed by atoms with Gasteiger partial charge in [-0.3, -0.25) is 4.79 Å². The number of para-hydroxylation sites is 1. The van der Waals surface area contributed by atoms with Gasteiger partial charge in [-0.15, -0.1) is 0 Å². The van der Waals surface area contributed by atoms with Crippen molar-refractivity contribution in [2.45, 2.75) is 6.92 Å². The first-order valence-electron chi connectivity index (χ1n) is 6.20. The van der Waals surface area contributed by atoms with Crippen LogP contribution in [0.3, 0.4) is 0 Å². The standard InChI is InChI=1S/C15H14BrClN2O2/c1-9-6-10(16)7-12(18)15(9)21-8-14(20)19-13-5-3-2-4-11(13)17/h2-7H,8,18H2,1H3,(H,19,20). The van der Waals surface area contributed by atoms with Crippen LogP contribution in [-0.2, 0) is 4.79 Å². The smallest absolute Gasteiger partial charge is 0.262 e. The van der Waals surface area contributed by atoms with E-state index in [2.05, 4.69) is 21.2 Å². The minimum atomic E-state index is -0.301. The predicted octanol–water partition coefficient (Wildman–Crippen LogP) is 4.01. The van der Waals surface area contributed by atoms with Gasteiger partial charge in [-0.05, 0) is 36.8 Å². The number of nitrogen functional groups attached to an aromatic ring is 1. The summed E-state index contributed by atoms with van der Waals surface area (Å²) >= 11 is 9.32. The summed E-state index contributed by atoms with van der Waals surface area (Å²) in [6.07, 6.45) is 0. The van der Waals surface area contributed by atoms with E-state index in [1.165, 1.54) is 0 Å². The molecule has 2 aromatic rings. The summed E-state index contributed by atoms with van der Waals surface area (Å²) in [4.78, 5) is 11.9. The summed E-state index contributed by atoms with van der Waals surface area (Å²) in [6.45, 7) is 1.72. The summed E-state index contributed by atoms with van der Waals surface area (Å²) in [7, 11) is 0. The van der Waals surface area contributed by atoms with Gasteiger partial charge in [0, 0.05) is 4.47 Å². The molecule has 0 heterocycles. The normalized spacial score (nSPS) is 10.2. The second kappa shape index (κ2) is 6.83. The van der Waals surface area contributed by atoms with Crippen LogP contribution >= 0.6 is 27.5 Å². The van der Waals surface area contributed by atoms with Gasteiger partial charge >= 0.3 is 0 Å². The van der Waals surface area contributed by atoms with E-state index in [1.807, 2.05) is 13.0 Å². The highest BCUT2D eigenvalue weighted by molar-refractivity contribution is 9.10. The Kier molecular flexibility index (Phi) is 5.09. The summed E-state index contributed by atoms with van der Waals surface area (Å²) in [6, 6.07) is 10.6. The van der Waals surface area contributed by atoms with Gasteiger partial charge in [-0.2, -0.15) is 0 Å². The molecule has 0 unspecified atom stereocenters. The lowest BCUT2D eigenvalue weighted by atomic mass is 10.2. The molecule has 21 heavy (non-hydrogen) atoms. The third-order valence-corrected chi connectivity index (χ3v) is 3.55. The summed E-state index contributed by atoms with van der Waals surface area (Å²) < 4.78 is 6.36. The molecule has 0 bridgehead atoms. The van der Waals surface area contributed by atoms with Gasteiger partial charge in [0.15, 0.2) is 6.61 Å². The minimum absolute atomic E-state index is 0.141. The van der Waals surface area contributed by atoms with E-state index in [0.717, 1.165) is 10.0 Å². The Morgan fingerprint density at radius 3 is 2.76 bits per heavy atom. The zero-order chi connectivity index (χ0) is 15.4. The fraction of sp³-hybridized carbons (Fsp3) is 0.133. The number of carbonyl (C=O) groups excluding carboxylic acids is 1. The number of halogens is 2. The molecule has 0 saturated heterocycles. The number of hydrogen-bond donors (Lipinski definition) is 2. The van der Waals surface area contributed by atoms with Crippen LogP contribution < -0.4 is 15.8 Å². The average molecular weight is 370 g/mol. The zero-order valence-electron chi connectivity index (χ0n) is 11.3. The van der Waals surface area contributed by atoms with Crippen LogP contribution in [0.2, 0.25) is 5.02 Å². The van der Waals surface area contributed by atoms with Crippen molar-refractivity contribution in [2.75, 3.05) is 17.7 Å². The Morgan fingerprint density at radius 1 is 1.38 bits per heavy atom. The molecule has 0 aliphatic rings. The topological polar surface area (TPSA) is 64.3 Å². The van der Waals surface area contributed by atoms with Crippen LogP contribution in [0.4, 0.5) is 11.4 Å². The van der Waals surface area contributed by atoms with Crippen LogP contribution in [-0.4, -0.2) is 12.5 Å². The number of carbonyl (C=O) groups is 1. The fourth-order valence-electron chi connectivity index (χ4n) is 1.84. The maximum absolute atomic E-state index is 11.9. The molecular formula is C15H14BrClN2O2. The van der Waals surface area contributed by atoms with Crippen LogP contribution in [0.5, 0.6) is 5.75 Å². The monoisotopic (exact) mass is 368 g/mol. The zero-order valence-corrected chi connectivity index (χ0v) is 13.7. The first-order chi connectivity index (χ1) is 9.97. The number of nitrogens with two attached hydrogens (primary N) is 1. The maximum atomic E-state index is 11.9. The number of anilines is 2. The molecule has 3 N–H and O–H groups in total. The van der Waals surface area contributed by atoms with E-state index >= 15 is 0 Å². The van der Waals surface area contributed by atoms with Crippen LogP contribution in [0, 0.1) is 6.92 Å². The molecule has 2 rings (SSSR count). The Hall–Kier alpha value is -1.72. The number of nitrogens with one attached hydrogen (secondary N) is 1. The highest BCUT2D eigenvalue weighted by Gasteiger charge is 2.10. The summed E-state index contributed by atoms with van der Waals surface area (Å²) in [5.41, 5.74) is 7.76. The number of benzene rings is 2. The van der Waals surface area contributed by atoms with Crippen molar-refractivity contribution in [1.29, 1.82) is 0 Å². The molecule has 2 aromatic carbocycles. The fourth-order valence-corrected chi connectivity index (χ4v) is 2.61. The van der Waals surface area contributed by atoms with Crippen molar-refractivity contribution in [1.82, 2.24) is 0 Å². The molecule has 1 amide bonds. The van der Waals surface area contributed by atoms with Crippen LogP contribution in [0.25, 0.3) is 0 Å². The Morgan fingerprint density at radius 2 is 2.10 bits per heavy atom. The molecule has 6 heteroatoms. The predicted molar refractivity (Wildman–Crippen MR) is 88.9 cm³/mol. The lowest BCUT2D eigenvalue weighted by Gasteiger charge is -2.12. The molecule has 0 spiro atoms. The van der Waals surface area contributed by atoms with Crippen molar-refractivity contribution in [3.63, 3.8) is 0 Å². The molecule has 0 saturated carbocycles. The largest absolute Gasteiger partial charge is 0.481 e. The van der Waals surface area contributed by atoms with Gasteiger partial charge in [-0.1, -0.05) is 39.7 Å². The van der Waals surface area contributed by atoms with Crippen molar-refractivity contribution in [2.24, 2.45) is 0 Å². The Labute approximate surface area is 136 Å². The van der Waals surface area contributed by atoms with Gasteiger partial charge in [0.05, 0.1) is 16.4 Å². The maximum Gasteiger partial charge on any atom is 0.262 e. The van der Waals surface area contributed by atoms with Gasteiger partial charge in [0.25, 0.3) is 5.91 Å².